The molecule has 0 radical (unpaired) electrons. The maximum Gasteiger partial charge on any atom is 0.168 e. The van der Waals surface area contributed by atoms with Gasteiger partial charge in [0, 0.05) is 31.5 Å². The Balaban J connectivity index is 1.53. The Morgan fingerprint density at radius 3 is 2.81 bits per heavy atom. The van der Waals surface area contributed by atoms with E-state index < -0.39 is 0 Å². The van der Waals surface area contributed by atoms with Crippen molar-refractivity contribution in [3.8, 4) is 5.69 Å². The minimum atomic E-state index is 0.399. The molecule has 7 heteroatoms. The highest BCUT2D eigenvalue weighted by Gasteiger charge is 2.28. The Kier molecular flexibility index (Phi) is 3.85. The van der Waals surface area contributed by atoms with Gasteiger partial charge in [0.1, 0.15) is 18.0 Å². The van der Waals surface area contributed by atoms with Crippen molar-refractivity contribution < 1.29 is 0 Å². The van der Waals surface area contributed by atoms with Gasteiger partial charge in [-0.15, -0.1) is 0 Å². The predicted molar refractivity (Wildman–Crippen MR) is 104 cm³/mol. The van der Waals surface area contributed by atoms with Crippen LogP contribution in [0.2, 0.25) is 0 Å². The third-order valence-corrected chi connectivity index (χ3v) is 5.33. The second kappa shape index (κ2) is 6.50. The summed E-state index contributed by atoms with van der Waals surface area (Å²) in [5.41, 5.74) is 1.85. The van der Waals surface area contributed by atoms with Crippen LogP contribution in [0.3, 0.4) is 0 Å². The molecule has 0 saturated carbocycles. The molecule has 0 N–H and O–H groups in total. The lowest BCUT2D eigenvalue weighted by Gasteiger charge is -2.26. The molecular weight excluding hydrogens is 338 g/mol. The molecule has 1 fully saturated rings. The van der Waals surface area contributed by atoms with Gasteiger partial charge in [0.25, 0.3) is 0 Å². The van der Waals surface area contributed by atoms with E-state index in [1.165, 1.54) is 0 Å². The Morgan fingerprint density at radius 1 is 1.11 bits per heavy atom. The fraction of sp³-hybridized carbons (Fsp3) is 0.300. The number of rotatable bonds is 4. The molecule has 3 aromatic heterocycles. The smallest absolute Gasteiger partial charge is 0.168 e. The molecule has 1 aliphatic rings. The summed E-state index contributed by atoms with van der Waals surface area (Å²) in [7, 11) is 0. The highest BCUT2D eigenvalue weighted by atomic mass is 15.3. The van der Waals surface area contributed by atoms with Gasteiger partial charge in [-0.2, -0.15) is 5.10 Å². The molecule has 5 rings (SSSR count). The summed E-state index contributed by atoms with van der Waals surface area (Å²) in [4.78, 5) is 15.9. The topological polar surface area (TPSA) is 64.7 Å². The van der Waals surface area contributed by atoms with Crippen molar-refractivity contribution in [3.63, 3.8) is 0 Å². The predicted octanol–water partition coefficient (Wildman–Crippen LogP) is 2.99. The number of anilines is 1. The van der Waals surface area contributed by atoms with Gasteiger partial charge < -0.3 is 9.47 Å². The first-order valence-corrected chi connectivity index (χ1v) is 9.30. The van der Waals surface area contributed by atoms with E-state index in [9.17, 15) is 0 Å². The van der Waals surface area contributed by atoms with Crippen LogP contribution in [0.4, 0.5) is 5.82 Å². The van der Waals surface area contributed by atoms with Crippen LogP contribution in [-0.2, 0) is 6.54 Å². The number of fused-ring (bicyclic) bond motifs is 1. The van der Waals surface area contributed by atoms with Crippen molar-refractivity contribution in [2.24, 2.45) is 0 Å². The van der Waals surface area contributed by atoms with Gasteiger partial charge in [-0.3, -0.25) is 0 Å². The number of benzene rings is 1. The number of para-hydroxylation sites is 1. The second-order valence-corrected chi connectivity index (χ2v) is 6.94. The summed E-state index contributed by atoms with van der Waals surface area (Å²) in [6, 6.07) is 10.5. The minimum absolute atomic E-state index is 0.399. The molecule has 1 saturated heterocycles. The summed E-state index contributed by atoms with van der Waals surface area (Å²) in [5, 5.41) is 5.58. The number of nitrogens with zero attached hydrogens (tertiary/aromatic N) is 7. The van der Waals surface area contributed by atoms with E-state index in [1.807, 2.05) is 54.3 Å². The molecule has 7 nitrogen and oxygen atoms in total. The van der Waals surface area contributed by atoms with Crippen molar-refractivity contribution in [2.75, 3.05) is 11.4 Å². The Hall–Kier alpha value is -3.22. The monoisotopic (exact) mass is 359 g/mol. The van der Waals surface area contributed by atoms with Crippen molar-refractivity contribution >= 4 is 16.9 Å². The number of imidazole rings is 1. The van der Waals surface area contributed by atoms with Crippen LogP contribution in [0.5, 0.6) is 0 Å². The first-order valence-electron chi connectivity index (χ1n) is 9.30. The number of aryl methyl sites for hydroxylation is 1. The molecule has 4 heterocycles. The molecule has 1 atom stereocenters. The Labute approximate surface area is 157 Å². The molecule has 4 aromatic rings. The zero-order valence-corrected chi connectivity index (χ0v) is 15.2. The number of aromatic nitrogens is 6. The molecule has 0 spiro atoms. The molecule has 27 heavy (non-hydrogen) atoms. The highest BCUT2D eigenvalue weighted by molar-refractivity contribution is 5.87. The summed E-state index contributed by atoms with van der Waals surface area (Å²) in [5.74, 6) is 2.02. The van der Waals surface area contributed by atoms with E-state index in [0.717, 1.165) is 54.3 Å². The van der Waals surface area contributed by atoms with E-state index >= 15 is 0 Å². The van der Waals surface area contributed by atoms with Crippen LogP contribution in [0, 0.1) is 6.92 Å². The van der Waals surface area contributed by atoms with Crippen LogP contribution >= 0.6 is 0 Å². The molecule has 0 unspecified atom stereocenters. The van der Waals surface area contributed by atoms with Crippen LogP contribution in [0.1, 0.15) is 18.7 Å². The summed E-state index contributed by atoms with van der Waals surface area (Å²) < 4.78 is 4.10. The van der Waals surface area contributed by atoms with E-state index in [-0.39, 0.29) is 0 Å². The number of hydrogen-bond acceptors (Lipinski definition) is 5. The van der Waals surface area contributed by atoms with Gasteiger partial charge in [0.2, 0.25) is 0 Å². The fourth-order valence-corrected chi connectivity index (χ4v) is 3.95. The largest absolute Gasteiger partial charge is 0.351 e. The van der Waals surface area contributed by atoms with Crippen molar-refractivity contribution in [2.45, 2.75) is 32.4 Å². The molecule has 1 aromatic carbocycles. The highest BCUT2D eigenvalue weighted by Crippen LogP contribution is 2.31. The van der Waals surface area contributed by atoms with Gasteiger partial charge >= 0.3 is 0 Å². The molecule has 0 aliphatic carbocycles. The zero-order chi connectivity index (χ0) is 18.2. The fourth-order valence-electron chi connectivity index (χ4n) is 3.95. The van der Waals surface area contributed by atoms with E-state index in [1.54, 1.807) is 6.33 Å². The van der Waals surface area contributed by atoms with Gasteiger partial charge in [0.05, 0.1) is 17.3 Å². The maximum atomic E-state index is 4.63. The van der Waals surface area contributed by atoms with E-state index in [0.29, 0.717) is 6.04 Å². The minimum Gasteiger partial charge on any atom is -0.351 e. The van der Waals surface area contributed by atoms with Gasteiger partial charge in [-0.05, 0) is 31.9 Å². The standard InChI is InChI=1S/C20H21N7/c1-15-21-9-11-25(15)13-17-8-5-10-26(17)19-18-12-24-27(20(18)23-14-22-19)16-6-3-2-4-7-16/h2-4,6-7,9,11-12,14,17H,5,8,10,13H2,1H3/t17-/m0/s1. The third-order valence-electron chi connectivity index (χ3n) is 5.33. The number of hydrogen-bond donors (Lipinski definition) is 0. The zero-order valence-electron chi connectivity index (χ0n) is 15.2. The van der Waals surface area contributed by atoms with Gasteiger partial charge in [-0.1, -0.05) is 18.2 Å². The Morgan fingerprint density at radius 2 is 2.00 bits per heavy atom. The second-order valence-electron chi connectivity index (χ2n) is 6.94. The molecular formula is C20H21N7. The van der Waals surface area contributed by atoms with Crippen LogP contribution in [-0.4, -0.2) is 41.9 Å². The Bertz CT molecular complexity index is 1070. The van der Waals surface area contributed by atoms with Crippen LogP contribution in [0.15, 0.2) is 55.2 Å². The quantitative estimate of drug-likeness (QED) is 0.560. The SMILES string of the molecule is Cc1nccn1C[C@@H]1CCCN1c1ncnc2c1cnn2-c1ccccc1. The maximum absolute atomic E-state index is 4.63. The molecule has 0 amide bonds. The average molecular weight is 359 g/mol. The first kappa shape index (κ1) is 16.0. The molecule has 0 bridgehead atoms. The van der Waals surface area contributed by atoms with E-state index in [4.69, 9.17) is 0 Å². The lowest BCUT2D eigenvalue weighted by molar-refractivity contribution is 0.539. The van der Waals surface area contributed by atoms with Crippen LogP contribution < -0.4 is 4.90 Å². The summed E-state index contributed by atoms with van der Waals surface area (Å²) in [6.07, 6.45) is 9.76. The third kappa shape index (κ3) is 2.75. The summed E-state index contributed by atoms with van der Waals surface area (Å²) in [6.45, 7) is 3.97. The average Bonchev–Trinajstić information content (AvgIpc) is 3.43. The van der Waals surface area contributed by atoms with Crippen molar-refractivity contribution in [1.29, 1.82) is 0 Å². The van der Waals surface area contributed by atoms with Crippen molar-refractivity contribution in [1.82, 2.24) is 29.3 Å². The molecule has 136 valence electrons. The first-order chi connectivity index (χ1) is 13.3. The van der Waals surface area contributed by atoms with E-state index in [2.05, 4.69) is 35.7 Å². The van der Waals surface area contributed by atoms with Crippen molar-refractivity contribution in [3.05, 3.63) is 61.1 Å². The lowest BCUT2D eigenvalue weighted by Crippen LogP contribution is -2.33. The molecule has 1 aliphatic heterocycles. The lowest BCUT2D eigenvalue weighted by atomic mass is 10.2. The van der Waals surface area contributed by atoms with Gasteiger partial charge in [0.15, 0.2) is 5.65 Å². The summed E-state index contributed by atoms with van der Waals surface area (Å²) >= 11 is 0. The normalized spacial score (nSPS) is 17.1. The van der Waals surface area contributed by atoms with Crippen LogP contribution in [0.25, 0.3) is 16.7 Å². The van der Waals surface area contributed by atoms with Gasteiger partial charge in [-0.25, -0.2) is 19.6 Å².